The van der Waals surface area contributed by atoms with Crippen molar-refractivity contribution in [3.63, 3.8) is 0 Å². The standard InChI is InChI=1S/C20H24N2S.C7H9N.C2H5N/c1-5-21-14-16(4)22(13-15(2)3)19-9-8-17(12-20(19)21)11-18-7-6-10-23-18;1-2-7-5-3-4-6-8-7;1-2-3/h5-10,12,15H,1,4,11,13-14H2,2-3H3;3-6H,2H2,1H3;2H,1,3H2. The summed E-state index contributed by atoms with van der Waals surface area (Å²) in [5.74, 6) is 0.598. The van der Waals surface area contributed by atoms with Crippen LogP contribution in [0.2, 0.25) is 0 Å². The van der Waals surface area contributed by atoms with E-state index >= 15 is 0 Å². The number of nitrogens with zero attached hydrogens (tertiary/aromatic N) is 3. The van der Waals surface area contributed by atoms with Crippen molar-refractivity contribution in [3.8, 4) is 0 Å². The fraction of sp³-hybridized carbons (Fsp3) is 0.276. The molecule has 0 amide bonds. The van der Waals surface area contributed by atoms with E-state index in [0.29, 0.717) is 5.92 Å². The van der Waals surface area contributed by atoms with Gasteiger partial charge < -0.3 is 15.5 Å². The van der Waals surface area contributed by atoms with Gasteiger partial charge in [0.2, 0.25) is 0 Å². The van der Waals surface area contributed by atoms with Gasteiger partial charge in [0.05, 0.1) is 17.9 Å². The zero-order valence-electron chi connectivity index (χ0n) is 20.8. The minimum Gasteiger partial charge on any atom is -0.405 e. The van der Waals surface area contributed by atoms with E-state index in [0.717, 1.165) is 37.3 Å². The number of hydrogen-bond acceptors (Lipinski definition) is 5. The Hall–Kier alpha value is -3.31. The lowest BCUT2D eigenvalue weighted by Gasteiger charge is -2.39. The van der Waals surface area contributed by atoms with Crippen LogP contribution < -0.4 is 15.5 Å². The molecule has 5 heteroatoms. The van der Waals surface area contributed by atoms with Crippen molar-refractivity contribution in [1.29, 1.82) is 0 Å². The topological polar surface area (TPSA) is 45.4 Å². The van der Waals surface area contributed by atoms with Crippen LogP contribution in [0.15, 0.2) is 97.9 Å². The molecule has 180 valence electrons. The highest BCUT2D eigenvalue weighted by Crippen LogP contribution is 2.38. The maximum absolute atomic E-state index is 4.61. The third-order valence-corrected chi connectivity index (χ3v) is 6.07. The van der Waals surface area contributed by atoms with Crippen molar-refractivity contribution >= 4 is 22.7 Å². The molecule has 0 unspecified atom stereocenters. The third kappa shape index (κ3) is 7.92. The zero-order chi connectivity index (χ0) is 24.9. The lowest BCUT2D eigenvalue weighted by molar-refractivity contribution is 0.630. The molecule has 0 fully saturated rings. The highest BCUT2D eigenvalue weighted by molar-refractivity contribution is 7.09. The van der Waals surface area contributed by atoms with Gasteiger partial charge in [-0.2, -0.15) is 0 Å². The molecule has 0 spiro atoms. The molecule has 0 atom stereocenters. The van der Waals surface area contributed by atoms with Gasteiger partial charge in [0.1, 0.15) is 0 Å². The summed E-state index contributed by atoms with van der Waals surface area (Å²) in [6, 6.07) is 17.1. The van der Waals surface area contributed by atoms with Gasteiger partial charge in [-0.05, 0) is 66.0 Å². The van der Waals surface area contributed by atoms with Crippen LogP contribution in [0, 0.1) is 5.92 Å². The number of benzene rings is 1. The predicted octanol–water partition coefficient (Wildman–Crippen LogP) is 7.01. The molecule has 1 aromatic carbocycles. The quantitative estimate of drug-likeness (QED) is 0.417. The summed E-state index contributed by atoms with van der Waals surface area (Å²) in [7, 11) is 0. The zero-order valence-corrected chi connectivity index (χ0v) is 21.6. The largest absolute Gasteiger partial charge is 0.405 e. The average molecular weight is 475 g/mol. The molecule has 34 heavy (non-hydrogen) atoms. The van der Waals surface area contributed by atoms with E-state index < -0.39 is 0 Å². The van der Waals surface area contributed by atoms with E-state index in [4.69, 9.17) is 0 Å². The Morgan fingerprint density at radius 1 is 1.12 bits per heavy atom. The first-order valence-corrected chi connectivity index (χ1v) is 12.5. The molecule has 2 N–H and O–H groups in total. The van der Waals surface area contributed by atoms with Gasteiger partial charge in [-0.15, -0.1) is 11.3 Å². The number of hydrogen-bond donors (Lipinski definition) is 1. The van der Waals surface area contributed by atoms with Crippen LogP contribution in [0.4, 0.5) is 11.4 Å². The molecule has 4 nitrogen and oxygen atoms in total. The van der Waals surface area contributed by atoms with Gasteiger partial charge in [-0.25, -0.2) is 0 Å². The Morgan fingerprint density at radius 2 is 1.88 bits per heavy atom. The van der Waals surface area contributed by atoms with Crippen LogP contribution in [-0.4, -0.2) is 18.1 Å². The van der Waals surface area contributed by atoms with E-state index in [1.54, 1.807) is 0 Å². The maximum Gasteiger partial charge on any atom is 0.0653 e. The molecule has 0 bridgehead atoms. The fourth-order valence-electron chi connectivity index (χ4n) is 3.65. The molecule has 0 saturated heterocycles. The van der Waals surface area contributed by atoms with Crippen LogP contribution in [0.25, 0.3) is 0 Å². The number of thiophene rings is 1. The number of aromatic nitrogens is 1. The van der Waals surface area contributed by atoms with Crippen molar-refractivity contribution in [2.24, 2.45) is 11.7 Å². The highest BCUT2D eigenvalue weighted by Gasteiger charge is 2.25. The van der Waals surface area contributed by atoms with Crippen molar-refractivity contribution < 1.29 is 0 Å². The smallest absolute Gasteiger partial charge is 0.0653 e. The minimum atomic E-state index is 0.598. The second-order valence-electron chi connectivity index (χ2n) is 8.37. The second kappa shape index (κ2) is 14.1. The van der Waals surface area contributed by atoms with Gasteiger partial charge in [0, 0.05) is 35.4 Å². The van der Waals surface area contributed by atoms with E-state index in [1.807, 2.05) is 41.9 Å². The molecule has 0 radical (unpaired) electrons. The van der Waals surface area contributed by atoms with Crippen molar-refractivity contribution in [3.05, 3.63) is 114 Å². The number of rotatable bonds is 6. The SMILES string of the molecule is C=CN.C=CN1CC(=C)N(CC(C)C)c2ccc(Cc3cccs3)cc21.CCc1ccccn1. The molecule has 3 aromatic rings. The maximum atomic E-state index is 4.61. The molecule has 1 aliphatic heterocycles. The van der Waals surface area contributed by atoms with Crippen molar-refractivity contribution in [2.45, 2.75) is 33.6 Å². The summed E-state index contributed by atoms with van der Waals surface area (Å²) in [6.07, 6.45) is 6.99. The molecular weight excluding hydrogens is 436 g/mol. The molecule has 1 aliphatic rings. The Bertz CT molecular complexity index is 1030. The van der Waals surface area contributed by atoms with Gasteiger partial charge in [0.15, 0.2) is 0 Å². The van der Waals surface area contributed by atoms with Gasteiger partial charge in [0.25, 0.3) is 0 Å². The van der Waals surface area contributed by atoms with Crippen LogP contribution in [0.5, 0.6) is 0 Å². The average Bonchev–Trinajstić information content (AvgIpc) is 3.35. The van der Waals surface area contributed by atoms with Crippen LogP contribution in [0.1, 0.15) is 36.9 Å². The molecule has 2 aromatic heterocycles. The summed E-state index contributed by atoms with van der Waals surface area (Å²) < 4.78 is 0. The Labute approximate surface area is 209 Å². The minimum absolute atomic E-state index is 0.598. The van der Waals surface area contributed by atoms with E-state index in [2.05, 4.69) is 96.7 Å². The normalized spacial score (nSPS) is 12.2. The summed E-state index contributed by atoms with van der Waals surface area (Å²) in [5, 5.41) is 2.14. The Kier molecular flexibility index (Phi) is 11.1. The summed E-state index contributed by atoms with van der Waals surface area (Å²) in [5.41, 5.74) is 10.7. The second-order valence-corrected chi connectivity index (χ2v) is 9.40. The van der Waals surface area contributed by atoms with Crippen molar-refractivity contribution in [1.82, 2.24) is 4.98 Å². The van der Waals surface area contributed by atoms with Crippen molar-refractivity contribution in [2.75, 3.05) is 22.9 Å². The summed E-state index contributed by atoms with van der Waals surface area (Å²) >= 11 is 1.81. The number of pyridine rings is 1. The Balaban J connectivity index is 0.000000309. The lowest BCUT2D eigenvalue weighted by atomic mass is 10.0. The van der Waals surface area contributed by atoms with Gasteiger partial charge in [-0.3, -0.25) is 4.98 Å². The predicted molar refractivity (Wildman–Crippen MR) is 150 cm³/mol. The summed E-state index contributed by atoms with van der Waals surface area (Å²) in [4.78, 5) is 10.1. The molecule has 0 saturated carbocycles. The number of aryl methyl sites for hydroxylation is 1. The third-order valence-electron chi connectivity index (χ3n) is 5.19. The monoisotopic (exact) mass is 474 g/mol. The lowest BCUT2D eigenvalue weighted by Crippen LogP contribution is -2.38. The highest BCUT2D eigenvalue weighted by atomic mass is 32.1. The molecule has 4 rings (SSSR count). The first kappa shape index (κ1) is 26.9. The number of fused-ring (bicyclic) bond motifs is 1. The van der Waals surface area contributed by atoms with Crippen LogP contribution >= 0.6 is 11.3 Å². The number of nitrogens with two attached hydrogens (primary N) is 1. The van der Waals surface area contributed by atoms with E-state index in [9.17, 15) is 0 Å². The first-order chi connectivity index (χ1) is 16.4. The summed E-state index contributed by atoms with van der Waals surface area (Å²) in [6.45, 7) is 19.8. The molecular formula is C29H38N4S. The number of anilines is 2. The Morgan fingerprint density at radius 3 is 2.41 bits per heavy atom. The van der Waals surface area contributed by atoms with E-state index in [1.165, 1.54) is 28.0 Å². The first-order valence-electron chi connectivity index (χ1n) is 11.7. The van der Waals surface area contributed by atoms with Crippen LogP contribution in [0.3, 0.4) is 0 Å². The molecule has 0 aliphatic carbocycles. The van der Waals surface area contributed by atoms with Crippen LogP contribution in [-0.2, 0) is 12.8 Å². The van der Waals surface area contributed by atoms with Gasteiger partial charge in [-0.1, -0.05) is 58.7 Å². The van der Waals surface area contributed by atoms with Gasteiger partial charge >= 0.3 is 0 Å². The molecule has 3 heterocycles. The van der Waals surface area contributed by atoms with E-state index in [-0.39, 0.29) is 0 Å². The fourth-order valence-corrected chi connectivity index (χ4v) is 4.39.